The summed E-state index contributed by atoms with van der Waals surface area (Å²) in [6, 6.07) is 5.92. The highest BCUT2D eigenvalue weighted by molar-refractivity contribution is 5.91. The smallest absolute Gasteiger partial charge is 0.264 e. The van der Waals surface area contributed by atoms with Crippen molar-refractivity contribution in [1.29, 1.82) is 0 Å². The Labute approximate surface area is 187 Å². The van der Waals surface area contributed by atoms with Crippen molar-refractivity contribution in [2.24, 2.45) is 7.05 Å². The lowest BCUT2D eigenvalue weighted by Crippen LogP contribution is -2.31. The van der Waals surface area contributed by atoms with Crippen molar-refractivity contribution in [3.05, 3.63) is 41.1 Å². The van der Waals surface area contributed by atoms with Crippen molar-refractivity contribution in [2.45, 2.75) is 26.3 Å². The summed E-state index contributed by atoms with van der Waals surface area (Å²) >= 11 is 0. The maximum atomic E-state index is 12.7. The third kappa shape index (κ3) is 5.23. The number of fused-ring (bicyclic) bond motifs is 1. The molecule has 0 aromatic carbocycles. The fourth-order valence-electron chi connectivity index (χ4n) is 3.76. The van der Waals surface area contributed by atoms with Crippen LogP contribution in [0, 0.1) is 0 Å². The Hall–Kier alpha value is -3.04. The molecule has 3 aromatic rings. The van der Waals surface area contributed by atoms with E-state index < -0.39 is 0 Å². The van der Waals surface area contributed by atoms with Crippen LogP contribution in [-0.4, -0.2) is 69.9 Å². The number of aromatic nitrogens is 4. The van der Waals surface area contributed by atoms with E-state index in [1.165, 1.54) is 10.9 Å². The zero-order chi connectivity index (χ0) is 22.5. The normalized spacial score (nSPS) is 15.1. The van der Waals surface area contributed by atoms with Crippen LogP contribution in [0.25, 0.3) is 22.2 Å². The van der Waals surface area contributed by atoms with Crippen molar-refractivity contribution < 1.29 is 4.74 Å². The fourth-order valence-corrected chi connectivity index (χ4v) is 3.76. The van der Waals surface area contributed by atoms with Crippen LogP contribution in [0.2, 0.25) is 0 Å². The molecule has 32 heavy (non-hydrogen) atoms. The minimum Gasteiger partial charge on any atom is -0.380 e. The van der Waals surface area contributed by atoms with Crippen LogP contribution in [0.4, 0.5) is 11.6 Å². The van der Waals surface area contributed by atoms with Crippen molar-refractivity contribution >= 4 is 22.5 Å². The van der Waals surface area contributed by atoms with Crippen molar-refractivity contribution in [2.75, 3.05) is 50.0 Å². The van der Waals surface area contributed by atoms with E-state index in [0.29, 0.717) is 16.7 Å². The highest BCUT2D eigenvalue weighted by Gasteiger charge is 2.14. The standard InChI is InChI=1S/C23H31N7O2/c1-16(2)27-22-21-19(26-15-29(3)23(21)31)13-18(28-22)17-5-6-20(25-14-17)24-7-9-30-8-4-11-32-12-10-30/h5-6,13-16H,4,7-12H2,1-3H3,(H,24,25)(H,27,28). The highest BCUT2D eigenvalue weighted by Crippen LogP contribution is 2.25. The van der Waals surface area contributed by atoms with Gasteiger partial charge in [0.2, 0.25) is 0 Å². The SMILES string of the molecule is CC(C)Nc1nc(-c2ccc(NCCN3CCCOCC3)nc2)cc2ncn(C)c(=O)c12. The molecule has 0 spiro atoms. The van der Waals surface area contributed by atoms with E-state index in [9.17, 15) is 4.79 Å². The van der Waals surface area contributed by atoms with Crippen LogP contribution >= 0.6 is 0 Å². The molecule has 1 aliphatic rings. The second kappa shape index (κ2) is 10.1. The molecule has 0 aliphatic carbocycles. The van der Waals surface area contributed by atoms with E-state index in [1.807, 2.05) is 32.0 Å². The average molecular weight is 438 g/mol. The quantitative estimate of drug-likeness (QED) is 0.581. The van der Waals surface area contributed by atoms with E-state index in [2.05, 4.69) is 25.5 Å². The predicted octanol–water partition coefficient (Wildman–Crippen LogP) is 2.34. The monoisotopic (exact) mass is 437 g/mol. The molecule has 0 amide bonds. The Bertz CT molecular complexity index is 1100. The Morgan fingerprint density at radius 3 is 2.84 bits per heavy atom. The van der Waals surface area contributed by atoms with Gasteiger partial charge in [0.15, 0.2) is 0 Å². The fraction of sp³-hybridized carbons (Fsp3) is 0.478. The van der Waals surface area contributed by atoms with Crippen LogP contribution in [-0.2, 0) is 11.8 Å². The maximum Gasteiger partial charge on any atom is 0.264 e. The largest absolute Gasteiger partial charge is 0.380 e. The molecule has 170 valence electrons. The summed E-state index contributed by atoms with van der Waals surface area (Å²) in [7, 11) is 1.69. The zero-order valence-corrected chi connectivity index (χ0v) is 19.0. The molecule has 0 bridgehead atoms. The highest BCUT2D eigenvalue weighted by atomic mass is 16.5. The van der Waals surface area contributed by atoms with Gasteiger partial charge in [-0.2, -0.15) is 0 Å². The Morgan fingerprint density at radius 2 is 2.06 bits per heavy atom. The van der Waals surface area contributed by atoms with Crippen LogP contribution in [0.1, 0.15) is 20.3 Å². The van der Waals surface area contributed by atoms with Crippen LogP contribution in [0.15, 0.2) is 35.5 Å². The number of ether oxygens (including phenoxy) is 1. The Kier molecular flexibility index (Phi) is 6.96. The first-order valence-corrected chi connectivity index (χ1v) is 11.1. The van der Waals surface area contributed by atoms with Crippen LogP contribution in [0.3, 0.4) is 0 Å². The van der Waals surface area contributed by atoms with E-state index in [1.54, 1.807) is 13.2 Å². The summed E-state index contributed by atoms with van der Waals surface area (Å²) in [5.74, 6) is 1.37. The number of hydrogen-bond acceptors (Lipinski definition) is 8. The van der Waals surface area contributed by atoms with Gasteiger partial charge in [0.05, 0.1) is 24.1 Å². The molecule has 0 unspecified atom stereocenters. The van der Waals surface area contributed by atoms with Gasteiger partial charge in [-0.05, 0) is 38.5 Å². The lowest BCUT2D eigenvalue weighted by Gasteiger charge is -2.19. The Morgan fingerprint density at radius 1 is 1.19 bits per heavy atom. The second-order valence-corrected chi connectivity index (χ2v) is 8.38. The molecule has 1 fully saturated rings. The number of rotatable bonds is 7. The van der Waals surface area contributed by atoms with E-state index >= 15 is 0 Å². The first kappa shape index (κ1) is 22.2. The van der Waals surface area contributed by atoms with Crippen molar-refractivity contribution in [3.8, 4) is 11.3 Å². The van der Waals surface area contributed by atoms with Gasteiger partial charge in [-0.1, -0.05) is 0 Å². The lowest BCUT2D eigenvalue weighted by atomic mass is 10.1. The van der Waals surface area contributed by atoms with Gasteiger partial charge in [-0.15, -0.1) is 0 Å². The van der Waals surface area contributed by atoms with E-state index in [4.69, 9.17) is 9.72 Å². The summed E-state index contributed by atoms with van der Waals surface area (Å²) in [6.45, 7) is 9.54. The van der Waals surface area contributed by atoms with Gasteiger partial charge < -0.3 is 19.9 Å². The average Bonchev–Trinajstić information content (AvgIpc) is 3.05. The van der Waals surface area contributed by atoms with E-state index in [-0.39, 0.29) is 11.6 Å². The molecular formula is C23H31N7O2. The molecule has 3 aromatic heterocycles. The summed E-state index contributed by atoms with van der Waals surface area (Å²) < 4.78 is 6.97. The van der Waals surface area contributed by atoms with Crippen LogP contribution < -0.4 is 16.2 Å². The van der Waals surface area contributed by atoms with Crippen molar-refractivity contribution in [3.63, 3.8) is 0 Å². The van der Waals surface area contributed by atoms with Crippen molar-refractivity contribution in [1.82, 2.24) is 24.4 Å². The summed E-state index contributed by atoms with van der Waals surface area (Å²) in [5, 5.41) is 7.18. The Balaban J connectivity index is 1.51. The number of nitrogens with one attached hydrogen (secondary N) is 2. The molecule has 4 heterocycles. The van der Waals surface area contributed by atoms with Crippen LogP contribution in [0.5, 0.6) is 0 Å². The summed E-state index contributed by atoms with van der Waals surface area (Å²) in [5.41, 5.74) is 2.09. The van der Waals surface area contributed by atoms with Gasteiger partial charge >= 0.3 is 0 Å². The molecule has 0 radical (unpaired) electrons. The zero-order valence-electron chi connectivity index (χ0n) is 19.0. The topological polar surface area (TPSA) is 97.2 Å². The maximum absolute atomic E-state index is 12.7. The third-order valence-corrected chi connectivity index (χ3v) is 5.44. The number of anilines is 2. The van der Waals surface area contributed by atoms with Gasteiger partial charge in [0.1, 0.15) is 17.0 Å². The third-order valence-electron chi connectivity index (χ3n) is 5.44. The van der Waals surface area contributed by atoms with Gasteiger partial charge in [-0.3, -0.25) is 9.69 Å². The first-order chi connectivity index (χ1) is 15.5. The summed E-state index contributed by atoms with van der Waals surface area (Å²) in [6.07, 6.45) is 4.42. The lowest BCUT2D eigenvalue weighted by molar-refractivity contribution is 0.142. The number of hydrogen-bond donors (Lipinski definition) is 2. The van der Waals surface area contributed by atoms with Gasteiger partial charge in [-0.25, -0.2) is 15.0 Å². The number of nitrogens with zero attached hydrogens (tertiary/aromatic N) is 5. The molecule has 0 saturated carbocycles. The molecule has 0 atom stereocenters. The molecule has 1 aliphatic heterocycles. The minimum absolute atomic E-state index is 0.120. The van der Waals surface area contributed by atoms with E-state index in [0.717, 1.165) is 62.9 Å². The predicted molar refractivity (Wildman–Crippen MR) is 127 cm³/mol. The summed E-state index contributed by atoms with van der Waals surface area (Å²) in [4.78, 5) is 28.8. The second-order valence-electron chi connectivity index (χ2n) is 8.38. The van der Waals surface area contributed by atoms with Gasteiger partial charge in [0.25, 0.3) is 5.56 Å². The number of aryl methyl sites for hydroxylation is 1. The molecule has 4 rings (SSSR count). The molecule has 9 heteroatoms. The molecular weight excluding hydrogens is 406 g/mol. The molecule has 9 nitrogen and oxygen atoms in total. The molecule has 1 saturated heterocycles. The first-order valence-electron chi connectivity index (χ1n) is 11.1. The minimum atomic E-state index is -0.120. The van der Waals surface area contributed by atoms with Gasteiger partial charge in [0, 0.05) is 57.6 Å². The number of pyridine rings is 2. The molecule has 2 N–H and O–H groups in total.